The van der Waals surface area contributed by atoms with Gasteiger partial charge >= 0.3 is 0 Å². The number of hydrogen-bond acceptors (Lipinski definition) is 3. The van der Waals surface area contributed by atoms with Crippen molar-refractivity contribution in [2.45, 2.75) is 13.3 Å². The Morgan fingerprint density at radius 3 is 2.67 bits per heavy atom. The van der Waals surface area contributed by atoms with Crippen LogP contribution in [0.5, 0.6) is 0 Å². The quantitative estimate of drug-likeness (QED) is 0.631. The van der Waals surface area contributed by atoms with Gasteiger partial charge in [-0.05, 0) is 6.92 Å². The predicted molar refractivity (Wildman–Crippen MR) is 43.8 cm³/mol. The van der Waals surface area contributed by atoms with Gasteiger partial charge < -0.3 is 0 Å². The molecule has 1 rings (SSSR count). The highest BCUT2D eigenvalue weighted by Gasteiger charge is 2.26. The summed E-state index contributed by atoms with van der Waals surface area (Å²) in [4.78, 5) is 10.6. The van der Waals surface area contributed by atoms with Crippen LogP contribution in [-0.4, -0.2) is 38.1 Å². The van der Waals surface area contributed by atoms with Gasteiger partial charge in [0.05, 0.1) is 0 Å². The van der Waals surface area contributed by atoms with E-state index in [0.717, 1.165) is 0 Å². The lowest BCUT2D eigenvalue weighted by atomic mass is 10.3. The first-order valence-corrected chi connectivity index (χ1v) is 5.20. The molecule has 0 radical (unpaired) electrons. The third-order valence-electron chi connectivity index (χ3n) is 1.70. The summed E-state index contributed by atoms with van der Waals surface area (Å²) in [6.07, 6.45) is 0.293. The summed E-state index contributed by atoms with van der Waals surface area (Å²) in [6.45, 7) is 2.66. The van der Waals surface area contributed by atoms with Crippen LogP contribution in [0.25, 0.3) is 0 Å². The third-order valence-corrected chi connectivity index (χ3v) is 3.31. The molecule has 1 aliphatic heterocycles. The molecule has 0 saturated carbocycles. The molecule has 1 fully saturated rings. The number of nitrogens with one attached hydrogen (secondary N) is 1. The van der Waals surface area contributed by atoms with Crippen LogP contribution in [0.2, 0.25) is 0 Å². The second-order valence-electron chi connectivity index (χ2n) is 2.75. The summed E-state index contributed by atoms with van der Waals surface area (Å²) in [5, 5.41) is 0. The maximum Gasteiger partial charge on any atom is 0.279 e. The van der Waals surface area contributed by atoms with E-state index in [2.05, 4.69) is 4.72 Å². The van der Waals surface area contributed by atoms with Crippen molar-refractivity contribution in [2.75, 3.05) is 19.6 Å². The SMILES string of the molecule is CC(=O)CCN1CCNS1(=O)=O. The molecule has 5 nitrogen and oxygen atoms in total. The number of rotatable bonds is 3. The zero-order chi connectivity index (χ0) is 9.19. The lowest BCUT2D eigenvalue weighted by molar-refractivity contribution is -0.117. The topological polar surface area (TPSA) is 66.5 Å². The molecule has 0 unspecified atom stereocenters. The molecule has 0 bridgehead atoms. The third kappa shape index (κ3) is 2.26. The number of ketones is 1. The minimum atomic E-state index is -3.25. The Kier molecular flexibility index (Phi) is 2.81. The summed E-state index contributed by atoms with van der Waals surface area (Å²) >= 11 is 0. The zero-order valence-electron chi connectivity index (χ0n) is 6.91. The molecule has 1 heterocycles. The number of hydrogen-bond donors (Lipinski definition) is 1. The first-order valence-electron chi connectivity index (χ1n) is 3.76. The summed E-state index contributed by atoms with van der Waals surface area (Å²) in [5.41, 5.74) is 0. The Hall–Kier alpha value is -0.460. The molecule has 0 amide bonds. The van der Waals surface area contributed by atoms with Crippen molar-refractivity contribution in [1.29, 1.82) is 0 Å². The summed E-state index contributed by atoms with van der Waals surface area (Å²) < 4.78 is 25.8. The van der Waals surface area contributed by atoms with E-state index in [-0.39, 0.29) is 5.78 Å². The zero-order valence-corrected chi connectivity index (χ0v) is 7.73. The lowest BCUT2D eigenvalue weighted by Crippen LogP contribution is -2.31. The Morgan fingerprint density at radius 1 is 1.58 bits per heavy atom. The first-order chi connectivity index (χ1) is 5.52. The molecular weight excluding hydrogens is 180 g/mol. The van der Waals surface area contributed by atoms with Crippen molar-refractivity contribution >= 4 is 16.0 Å². The lowest BCUT2D eigenvalue weighted by Gasteiger charge is -2.10. The maximum atomic E-state index is 11.1. The highest BCUT2D eigenvalue weighted by atomic mass is 32.2. The molecule has 0 aromatic carbocycles. The van der Waals surface area contributed by atoms with Gasteiger partial charge in [-0.2, -0.15) is 12.7 Å². The molecule has 0 spiro atoms. The Labute approximate surface area is 71.9 Å². The van der Waals surface area contributed by atoms with Gasteiger partial charge in [-0.1, -0.05) is 0 Å². The van der Waals surface area contributed by atoms with Crippen LogP contribution in [0.1, 0.15) is 13.3 Å². The van der Waals surface area contributed by atoms with Crippen LogP contribution in [0.15, 0.2) is 0 Å². The van der Waals surface area contributed by atoms with E-state index in [1.807, 2.05) is 0 Å². The van der Waals surface area contributed by atoms with Gasteiger partial charge in [-0.25, -0.2) is 4.72 Å². The number of carbonyl (C=O) groups is 1. The molecule has 6 heteroatoms. The summed E-state index contributed by atoms with van der Waals surface area (Å²) in [7, 11) is -3.25. The number of Topliss-reactive ketones (excluding diaryl/α,β-unsaturated/α-hetero) is 1. The van der Waals surface area contributed by atoms with Crippen LogP contribution in [0.3, 0.4) is 0 Å². The van der Waals surface area contributed by atoms with E-state index in [0.29, 0.717) is 26.1 Å². The second-order valence-corrected chi connectivity index (χ2v) is 4.51. The van der Waals surface area contributed by atoms with Crippen molar-refractivity contribution < 1.29 is 13.2 Å². The highest BCUT2D eigenvalue weighted by Crippen LogP contribution is 2.04. The average Bonchev–Trinajstić information content (AvgIpc) is 2.25. The molecule has 0 aromatic heterocycles. The largest absolute Gasteiger partial charge is 0.300 e. The van der Waals surface area contributed by atoms with E-state index in [9.17, 15) is 13.2 Å². The molecule has 0 aliphatic carbocycles. The molecule has 1 saturated heterocycles. The van der Waals surface area contributed by atoms with Crippen LogP contribution in [0.4, 0.5) is 0 Å². The van der Waals surface area contributed by atoms with Crippen molar-refractivity contribution in [3.8, 4) is 0 Å². The molecule has 0 aromatic rings. The standard InChI is InChI=1S/C6H12N2O3S/c1-6(9)2-4-8-5-3-7-12(8,10)11/h7H,2-5H2,1H3. The smallest absolute Gasteiger partial charge is 0.279 e. The highest BCUT2D eigenvalue weighted by molar-refractivity contribution is 7.87. The fourth-order valence-electron chi connectivity index (χ4n) is 1.02. The Morgan fingerprint density at radius 2 is 2.25 bits per heavy atom. The molecule has 12 heavy (non-hydrogen) atoms. The predicted octanol–water partition coefficient (Wildman–Crippen LogP) is -0.884. The number of carbonyl (C=O) groups excluding carboxylic acids is 1. The van der Waals surface area contributed by atoms with Crippen molar-refractivity contribution in [2.24, 2.45) is 0 Å². The van der Waals surface area contributed by atoms with Crippen LogP contribution >= 0.6 is 0 Å². The van der Waals surface area contributed by atoms with E-state index in [1.54, 1.807) is 0 Å². The Balaban J connectivity index is 2.48. The van der Waals surface area contributed by atoms with Crippen LogP contribution < -0.4 is 4.72 Å². The monoisotopic (exact) mass is 192 g/mol. The van der Waals surface area contributed by atoms with Crippen LogP contribution in [0, 0.1) is 0 Å². The average molecular weight is 192 g/mol. The normalized spacial score (nSPS) is 22.8. The molecule has 70 valence electrons. The van der Waals surface area contributed by atoms with Crippen molar-refractivity contribution in [1.82, 2.24) is 9.03 Å². The molecule has 0 atom stereocenters. The minimum absolute atomic E-state index is 0.0112. The molecule has 1 aliphatic rings. The first kappa shape index (κ1) is 9.63. The van der Waals surface area contributed by atoms with E-state index in [4.69, 9.17) is 0 Å². The Bertz CT molecular complexity index is 273. The van der Waals surface area contributed by atoms with E-state index in [1.165, 1.54) is 11.2 Å². The minimum Gasteiger partial charge on any atom is -0.300 e. The number of nitrogens with zero attached hydrogens (tertiary/aromatic N) is 1. The summed E-state index contributed by atoms with van der Waals surface area (Å²) in [5.74, 6) is 0.0112. The van der Waals surface area contributed by atoms with Gasteiger partial charge in [0.1, 0.15) is 5.78 Å². The van der Waals surface area contributed by atoms with Gasteiger partial charge in [0.15, 0.2) is 0 Å². The molecule has 1 N–H and O–H groups in total. The molecular formula is C6H12N2O3S. The second kappa shape index (κ2) is 3.51. The van der Waals surface area contributed by atoms with E-state index >= 15 is 0 Å². The fraction of sp³-hybridized carbons (Fsp3) is 0.833. The van der Waals surface area contributed by atoms with Gasteiger partial charge in [-0.15, -0.1) is 0 Å². The summed E-state index contributed by atoms with van der Waals surface area (Å²) in [6, 6.07) is 0. The van der Waals surface area contributed by atoms with Gasteiger partial charge in [0, 0.05) is 26.1 Å². The van der Waals surface area contributed by atoms with Crippen molar-refractivity contribution in [3.05, 3.63) is 0 Å². The fourth-order valence-corrected chi connectivity index (χ4v) is 2.22. The van der Waals surface area contributed by atoms with Crippen LogP contribution in [-0.2, 0) is 15.0 Å². The van der Waals surface area contributed by atoms with Gasteiger partial charge in [0.2, 0.25) is 0 Å². The maximum absolute atomic E-state index is 11.1. The van der Waals surface area contributed by atoms with Crippen molar-refractivity contribution in [3.63, 3.8) is 0 Å². The van der Waals surface area contributed by atoms with E-state index < -0.39 is 10.2 Å². The van der Waals surface area contributed by atoms with Gasteiger partial charge in [-0.3, -0.25) is 4.79 Å². The van der Waals surface area contributed by atoms with Gasteiger partial charge in [0.25, 0.3) is 10.2 Å².